The predicted molar refractivity (Wildman–Crippen MR) is 93.2 cm³/mol. The van der Waals surface area contributed by atoms with Gasteiger partial charge in [0.05, 0.1) is 0 Å². The fourth-order valence-corrected chi connectivity index (χ4v) is 2.92. The van der Waals surface area contributed by atoms with E-state index in [4.69, 9.17) is 0 Å². The molecular formula is C20H22N2O. The molecule has 1 heterocycles. The lowest BCUT2D eigenvalue weighted by Crippen LogP contribution is -2.24. The van der Waals surface area contributed by atoms with Gasteiger partial charge in [0.1, 0.15) is 0 Å². The minimum absolute atomic E-state index is 0.000791. The van der Waals surface area contributed by atoms with E-state index in [9.17, 15) is 4.79 Å². The molecule has 1 aliphatic carbocycles. The van der Waals surface area contributed by atoms with Crippen LogP contribution in [0.4, 0.5) is 0 Å². The largest absolute Gasteiger partial charge is 0.352 e. The summed E-state index contributed by atoms with van der Waals surface area (Å²) in [7, 11) is 0. The van der Waals surface area contributed by atoms with Crippen LogP contribution in [-0.4, -0.2) is 17.4 Å². The Labute approximate surface area is 137 Å². The maximum Gasteiger partial charge on any atom is 0.251 e. The van der Waals surface area contributed by atoms with E-state index in [-0.39, 0.29) is 5.91 Å². The maximum atomic E-state index is 12.2. The van der Waals surface area contributed by atoms with Gasteiger partial charge in [-0.1, -0.05) is 29.8 Å². The van der Waals surface area contributed by atoms with E-state index >= 15 is 0 Å². The zero-order chi connectivity index (χ0) is 15.9. The van der Waals surface area contributed by atoms with Crippen LogP contribution in [0.2, 0.25) is 0 Å². The smallest absolute Gasteiger partial charge is 0.251 e. The van der Waals surface area contributed by atoms with Crippen molar-refractivity contribution in [1.29, 1.82) is 0 Å². The van der Waals surface area contributed by atoms with Gasteiger partial charge in [-0.15, -0.1) is 0 Å². The van der Waals surface area contributed by atoms with Gasteiger partial charge < -0.3 is 5.32 Å². The van der Waals surface area contributed by atoms with Crippen LogP contribution >= 0.6 is 0 Å². The lowest BCUT2D eigenvalue weighted by molar-refractivity contribution is 0.0954. The van der Waals surface area contributed by atoms with Gasteiger partial charge in [0.25, 0.3) is 5.91 Å². The van der Waals surface area contributed by atoms with Crippen molar-refractivity contribution in [3.63, 3.8) is 0 Å². The summed E-state index contributed by atoms with van der Waals surface area (Å²) in [5, 5.41) is 3.01. The predicted octanol–water partition coefficient (Wildman–Crippen LogP) is 4.37. The molecule has 0 fully saturated rings. The molecule has 23 heavy (non-hydrogen) atoms. The van der Waals surface area contributed by atoms with Gasteiger partial charge in [0, 0.05) is 24.5 Å². The molecule has 0 unspecified atom stereocenters. The quantitative estimate of drug-likeness (QED) is 0.833. The molecule has 1 aromatic carbocycles. The van der Waals surface area contributed by atoms with E-state index in [1.807, 2.05) is 42.6 Å². The van der Waals surface area contributed by atoms with Crippen LogP contribution in [-0.2, 0) is 0 Å². The molecule has 0 atom stereocenters. The minimum atomic E-state index is -0.000791. The molecule has 0 saturated heterocycles. The van der Waals surface area contributed by atoms with Gasteiger partial charge >= 0.3 is 0 Å². The van der Waals surface area contributed by atoms with E-state index in [2.05, 4.69) is 16.4 Å². The molecule has 0 aliphatic heterocycles. The van der Waals surface area contributed by atoms with Crippen molar-refractivity contribution in [2.45, 2.75) is 32.1 Å². The minimum Gasteiger partial charge on any atom is -0.352 e. The number of pyridine rings is 1. The normalized spacial score (nSPS) is 14.2. The number of hydrogen-bond acceptors (Lipinski definition) is 2. The highest BCUT2D eigenvalue weighted by Crippen LogP contribution is 2.20. The molecule has 3 nitrogen and oxygen atoms in total. The first-order valence-electron chi connectivity index (χ1n) is 8.29. The second kappa shape index (κ2) is 7.73. The number of amides is 1. The summed E-state index contributed by atoms with van der Waals surface area (Å²) in [4.78, 5) is 16.3. The Hall–Kier alpha value is -2.42. The third kappa shape index (κ3) is 4.28. The standard InChI is InChI=1S/C20H22N2O/c23-20(22-14-12-16-5-2-1-3-6-16)18-10-8-17(9-11-18)19-7-4-13-21-15-19/h4-5,7-11,13,15H,1-3,6,12,14H2,(H,22,23). The number of aromatic nitrogens is 1. The average molecular weight is 306 g/mol. The Balaban J connectivity index is 1.54. The Morgan fingerprint density at radius 1 is 1.09 bits per heavy atom. The van der Waals surface area contributed by atoms with Gasteiger partial charge in [-0.25, -0.2) is 0 Å². The molecule has 3 rings (SSSR count). The third-order valence-electron chi connectivity index (χ3n) is 4.26. The number of nitrogens with one attached hydrogen (secondary N) is 1. The molecular weight excluding hydrogens is 284 g/mol. The fraction of sp³-hybridized carbons (Fsp3) is 0.300. The van der Waals surface area contributed by atoms with Crippen LogP contribution in [0.5, 0.6) is 0 Å². The Bertz CT molecular complexity index is 675. The molecule has 0 saturated carbocycles. The highest BCUT2D eigenvalue weighted by Gasteiger charge is 2.07. The van der Waals surface area contributed by atoms with Crippen molar-refractivity contribution < 1.29 is 4.79 Å². The van der Waals surface area contributed by atoms with Crippen LogP contribution in [0.1, 0.15) is 42.5 Å². The summed E-state index contributed by atoms with van der Waals surface area (Å²) in [5.41, 5.74) is 4.32. The van der Waals surface area contributed by atoms with E-state index in [0.717, 1.165) is 24.1 Å². The molecule has 118 valence electrons. The zero-order valence-corrected chi connectivity index (χ0v) is 13.3. The molecule has 1 aliphatic rings. The van der Waals surface area contributed by atoms with Crippen molar-refractivity contribution in [2.24, 2.45) is 0 Å². The van der Waals surface area contributed by atoms with Crippen LogP contribution in [0, 0.1) is 0 Å². The summed E-state index contributed by atoms with van der Waals surface area (Å²) < 4.78 is 0. The van der Waals surface area contributed by atoms with Crippen molar-refractivity contribution in [3.05, 3.63) is 66.0 Å². The topological polar surface area (TPSA) is 42.0 Å². The highest BCUT2D eigenvalue weighted by molar-refractivity contribution is 5.94. The fourth-order valence-electron chi connectivity index (χ4n) is 2.92. The second-order valence-electron chi connectivity index (χ2n) is 5.93. The first-order valence-corrected chi connectivity index (χ1v) is 8.29. The van der Waals surface area contributed by atoms with Crippen LogP contribution in [0.25, 0.3) is 11.1 Å². The van der Waals surface area contributed by atoms with Gasteiger partial charge in [0.15, 0.2) is 0 Å². The van der Waals surface area contributed by atoms with Crippen LogP contribution < -0.4 is 5.32 Å². The molecule has 2 aromatic rings. The SMILES string of the molecule is O=C(NCCC1=CCCCC1)c1ccc(-c2cccnc2)cc1. The summed E-state index contributed by atoms with van der Waals surface area (Å²) >= 11 is 0. The van der Waals surface area contributed by atoms with Crippen molar-refractivity contribution in [1.82, 2.24) is 10.3 Å². The van der Waals surface area contributed by atoms with Gasteiger partial charge in [-0.2, -0.15) is 0 Å². The zero-order valence-electron chi connectivity index (χ0n) is 13.3. The van der Waals surface area contributed by atoms with Gasteiger partial charge in [-0.3, -0.25) is 9.78 Å². The molecule has 0 spiro atoms. The first kappa shape index (κ1) is 15.5. The lowest BCUT2D eigenvalue weighted by Gasteiger charge is -2.13. The van der Waals surface area contributed by atoms with Gasteiger partial charge in [0.2, 0.25) is 0 Å². The Morgan fingerprint density at radius 2 is 1.96 bits per heavy atom. The van der Waals surface area contributed by atoms with Crippen molar-refractivity contribution in [3.8, 4) is 11.1 Å². The molecule has 1 N–H and O–H groups in total. The van der Waals surface area contributed by atoms with Crippen molar-refractivity contribution in [2.75, 3.05) is 6.54 Å². The lowest BCUT2D eigenvalue weighted by atomic mass is 9.97. The van der Waals surface area contributed by atoms with E-state index in [1.54, 1.807) is 6.20 Å². The molecule has 0 radical (unpaired) electrons. The highest BCUT2D eigenvalue weighted by atomic mass is 16.1. The summed E-state index contributed by atoms with van der Waals surface area (Å²) in [6, 6.07) is 11.6. The number of nitrogens with zero attached hydrogens (tertiary/aromatic N) is 1. The monoisotopic (exact) mass is 306 g/mol. The van der Waals surface area contributed by atoms with E-state index in [1.165, 1.54) is 31.3 Å². The molecule has 1 aromatic heterocycles. The number of rotatable bonds is 5. The van der Waals surface area contributed by atoms with Crippen LogP contribution in [0.15, 0.2) is 60.4 Å². The van der Waals surface area contributed by atoms with E-state index in [0.29, 0.717) is 5.56 Å². The summed E-state index contributed by atoms with van der Waals surface area (Å²) in [5.74, 6) is -0.000791. The third-order valence-corrected chi connectivity index (χ3v) is 4.26. The first-order chi connectivity index (χ1) is 11.3. The molecule has 0 bridgehead atoms. The number of hydrogen-bond donors (Lipinski definition) is 1. The summed E-state index contributed by atoms with van der Waals surface area (Å²) in [6.07, 6.45) is 11.9. The number of carbonyl (C=O) groups excluding carboxylic acids is 1. The second-order valence-corrected chi connectivity index (χ2v) is 5.93. The number of allylic oxidation sites excluding steroid dienone is 1. The number of carbonyl (C=O) groups is 1. The van der Waals surface area contributed by atoms with E-state index < -0.39 is 0 Å². The molecule has 1 amide bonds. The summed E-state index contributed by atoms with van der Waals surface area (Å²) in [6.45, 7) is 0.717. The Kier molecular flexibility index (Phi) is 5.20. The van der Waals surface area contributed by atoms with Crippen molar-refractivity contribution >= 4 is 5.91 Å². The number of benzene rings is 1. The Morgan fingerprint density at radius 3 is 2.65 bits per heavy atom. The maximum absolute atomic E-state index is 12.2. The van der Waals surface area contributed by atoms with Gasteiger partial charge in [-0.05, 0) is 61.4 Å². The van der Waals surface area contributed by atoms with Crippen LogP contribution in [0.3, 0.4) is 0 Å². The molecule has 3 heteroatoms. The average Bonchev–Trinajstić information content (AvgIpc) is 2.63.